The molecular weight excluding hydrogens is 390 g/mol. The number of rotatable bonds is 5. The number of esters is 1. The minimum atomic E-state index is -0.463. The van der Waals surface area contributed by atoms with Crippen LogP contribution >= 0.6 is 0 Å². The minimum absolute atomic E-state index is 0.0129. The van der Waals surface area contributed by atoms with E-state index in [0.717, 1.165) is 55.5 Å². The summed E-state index contributed by atoms with van der Waals surface area (Å²) in [6.07, 6.45) is 7.31. The van der Waals surface area contributed by atoms with E-state index < -0.39 is 5.92 Å². The van der Waals surface area contributed by atoms with Crippen LogP contribution < -0.4 is 10.1 Å². The Balaban J connectivity index is 1.77. The number of nitrogens with one attached hydrogen (secondary N) is 1. The number of Topliss-reactive ketones (excluding diaryl/α,β-unsaturated/α-hetero) is 1. The highest BCUT2D eigenvalue weighted by atomic mass is 16.5. The molecule has 166 valence electrons. The Bertz CT molecular complexity index is 921. The number of benzene rings is 1. The van der Waals surface area contributed by atoms with Gasteiger partial charge in [-0.1, -0.05) is 24.6 Å². The maximum absolute atomic E-state index is 13.5. The fourth-order valence-corrected chi connectivity index (χ4v) is 5.04. The quantitative estimate of drug-likeness (QED) is 0.650. The number of ether oxygens (including phenoxy) is 2. The van der Waals surface area contributed by atoms with Gasteiger partial charge in [-0.2, -0.15) is 0 Å². The average Bonchev–Trinajstić information content (AvgIpc) is 2.73. The third-order valence-electron chi connectivity index (χ3n) is 6.41. The van der Waals surface area contributed by atoms with E-state index in [9.17, 15) is 9.59 Å². The maximum Gasteiger partial charge on any atom is 0.337 e. The number of hydrogen-bond acceptors (Lipinski definition) is 5. The molecule has 0 aromatic heterocycles. The summed E-state index contributed by atoms with van der Waals surface area (Å²) in [7, 11) is 0. The van der Waals surface area contributed by atoms with E-state index in [4.69, 9.17) is 9.47 Å². The Morgan fingerprint density at radius 3 is 2.55 bits per heavy atom. The lowest BCUT2D eigenvalue weighted by atomic mass is 9.75. The van der Waals surface area contributed by atoms with Crippen molar-refractivity contribution < 1.29 is 19.1 Å². The monoisotopic (exact) mass is 423 g/mol. The molecule has 0 spiro atoms. The van der Waals surface area contributed by atoms with Crippen LogP contribution in [0, 0.1) is 0 Å². The van der Waals surface area contributed by atoms with E-state index in [1.165, 1.54) is 6.42 Å². The Morgan fingerprint density at radius 1 is 1.06 bits per heavy atom. The Labute approximate surface area is 184 Å². The highest BCUT2D eigenvalue weighted by molar-refractivity contribution is 6.04. The van der Waals surface area contributed by atoms with Gasteiger partial charge in [0.05, 0.1) is 17.6 Å². The molecule has 1 unspecified atom stereocenters. The Kier molecular flexibility index (Phi) is 6.49. The lowest BCUT2D eigenvalue weighted by molar-refractivity contribution is -0.146. The number of carbonyl (C=O) groups is 2. The van der Waals surface area contributed by atoms with Gasteiger partial charge in [-0.25, -0.2) is 4.79 Å². The molecule has 0 radical (unpaired) electrons. The normalized spacial score (nSPS) is 22.3. The van der Waals surface area contributed by atoms with Crippen LogP contribution in [0.15, 0.2) is 46.8 Å². The molecule has 3 aliphatic rings. The summed E-state index contributed by atoms with van der Waals surface area (Å²) in [5.74, 6) is 0.0419. The minimum Gasteiger partial charge on any atom is -0.491 e. The van der Waals surface area contributed by atoms with E-state index in [0.29, 0.717) is 23.3 Å². The van der Waals surface area contributed by atoms with Gasteiger partial charge in [-0.15, -0.1) is 0 Å². The summed E-state index contributed by atoms with van der Waals surface area (Å²) in [5.41, 5.74) is 3.81. The predicted octanol–water partition coefficient (Wildman–Crippen LogP) is 5.32. The van der Waals surface area contributed by atoms with Gasteiger partial charge in [-0.3, -0.25) is 4.79 Å². The molecule has 1 aromatic rings. The van der Waals surface area contributed by atoms with E-state index in [1.54, 1.807) is 0 Å². The molecule has 1 heterocycles. The molecule has 31 heavy (non-hydrogen) atoms. The second-order valence-electron chi connectivity index (χ2n) is 9.14. The molecule has 1 saturated carbocycles. The third-order valence-corrected chi connectivity index (χ3v) is 6.41. The van der Waals surface area contributed by atoms with Gasteiger partial charge in [0, 0.05) is 29.0 Å². The molecule has 0 bridgehead atoms. The molecule has 2 aliphatic carbocycles. The van der Waals surface area contributed by atoms with Crippen molar-refractivity contribution in [3.63, 3.8) is 0 Å². The van der Waals surface area contributed by atoms with Crippen molar-refractivity contribution in [2.45, 2.75) is 90.3 Å². The molecular formula is C26H33NO4. The zero-order valence-corrected chi connectivity index (χ0v) is 18.8. The van der Waals surface area contributed by atoms with Gasteiger partial charge in [0.25, 0.3) is 0 Å². The van der Waals surface area contributed by atoms with Crippen molar-refractivity contribution in [1.82, 2.24) is 5.32 Å². The molecule has 1 fully saturated rings. The van der Waals surface area contributed by atoms with Crippen LogP contribution in [0.5, 0.6) is 5.75 Å². The van der Waals surface area contributed by atoms with E-state index >= 15 is 0 Å². The number of ketones is 1. The van der Waals surface area contributed by atoms with Crippen molar-refractivity contribution >= 4 is 11.8 Å². The zero-order chi connectivity index (χ0) is 22.0. The average molecular weight is 424 g/mol. The first-order valence-electron chi connectivity index (χ1n) is 11.7. The molecule has 5 heteroatoms. The standard InChI is InChI=1S/C26H33NO4/c1-16(2)30-22-15-8-7-12-19(22)24-23(26(29)31-18-10-5-4-6-11-18)17(3)27-20-13-9-14-21(28)25(20)24/h7-8,12,15-16,18,24,27H,4-6,9-11,13-14H2,1-3H3. The Morgan fingerprint density at radius 2 is 1.81 bits per heavy atom. The molecule has 5 nitrogen and oxygen atoms in total. The van der Waals surface area contributed by atoms with Crippen LogP contribution in [0.2, 0.25) is 0 Å². The van der Waals surface area contributed by atoms with Crippen molar-refractivity contribution in [1.29, 1.82) is 0 Å². The van der Waals surface area contributed by atoms with Gasteiger partial charge in [0.15, 0.2) is 5.78 Å². The maximum atomic E-state index is 13.5. The first kappa shape index (κ1) is 21.7. The number of carbonyl (C=O) groups excluding carboxylic acids is 2. The van der Waals surface area contributed by atoms with Gasteiger partial charge in [0.2, 0.25) is 0 Å². The second kappa shape index (κ2) is 9.29. The highest BCUT2D eigenvalue weighted by Crippen LogP contribution is 2.45. The third kappa shape index (κ3) is 4.56. The van der Waals surface area contributed by atoms with E-state index in [1.807, 2.05) is 45.0 Å². The summed E-state index contributed by atoms with van der Waals surface area (Å²) in [6.45, 7) is 5.88. The van der Waals surface area contributed by atoms with Crippen molar-refractivity contribution in [2.75, 3.05) is 0 Å². The summed E-state index contributed by atoms with van der Waals surface area (Å²) in [5, 5.41) is 3.37. The SMILES string of the molecule is CC1=C(C(=O)OC2CCCCC2)C(c2ccccc2OC(C)C)C2=C(CCCC2=O)N1. The lowest BCUT2D eigenvalue weighted by Crippen LogP contribution is -2.35. The molecule has 1 N–H and O–H groups in total. The van der Waals surface area contributed by atoms with Gasteiger partial charge < -0.3 is 14.8 Å². The molecule has 0 amide bonds. The first-order chi connectivity index (χ1) is 15.0. The smallest absolute Gasteiger partial charge is 0.337 e. The van der Waals surface area contributed by atoms with Crippen LogP contribution in [-0.4, -0.2) is 24.0 Å². The van der Waals surface area contributed by atoms with E-state index in [2.05, 4.69) is 5.32 Å². The van der Waals surface area contributed by atoms with Crippen LogP contribution in [0.25, 0.3) is 0 Å². The van der Waals surface area contributed by atoms with Crippen molar-refractivity contribution in [3.8, 4) is 5.75 Å². The molecule has 1 aliphatic heterocycles. The topological polar surface area (TPSA) is 64.6 Å². The van der Waals surface area contributed by atoms with Crippen LogP contribution in [0.4, 0.5) is 0 Å². The van der Waals surface area contributed by atoms with Crippen LogP contribution in [0.3, 0.4) is 0 Å². The number of para-hydroxylation sites is 1. The molecule has 1 aromatic carbocycles. The van der Waals surface area contributed by atoms with Crippen LogP contribution in [0.1, 0.15) is 83.6 Å². The highest BCUT2D eigenvalue weighted by Gasteiger charge is 2.41. The number of dihydropyridines is 1. The first-order valence-corrected chi connectivity index (χ1v) is 11.7. The van der Waals surface area contributed by atoms with Gasteiger partial charge in [0.1, 0.15) is 11.9 Å². The summed E-state index contributed by atoms with van der Waals surface area (Å²) < 4.78 is 12.1. The molecule has 4 rings (SSSR count). The molecule has 1 atom stereocenters. The number of hydrogen-bond donors (Lipinski definition) is 1. The summed E-state index contributed by atoms with van der Waals surface area (Å²) >= 11 is 0. The zero-order valence-electron chi connectivity index (χ0n) is 18.8. The predicted molar refractivity (Wildman–Crippen MR) is 120 cm³/mol. The van der Waals surface area contributed by atoms with Gasteiger partial charge >= 0.3 is 5.97 Å². The largest absolute Gasteiger partial charge is 0.491 e. The molecule has 0 saturated heterocycles. The summed E-state index contributed by atoms with van der Waals surface area (Å²) in [6, 6.07) is 7.76. The van der Waals surface area contributed by atoms with E-state index in [-0.39, 0.29) is 24.0 Å². The second-order valence-corrected chi connectivity index (χ2v) is 9.14. The fraction of sp³-hybridized carbons (Fsp3) is 0.538. The van der Waals surface area contributed by atoms with Crippen molar-refractivity contribution in [2.24, 2.45) is 0 Å². The number of allylic oxidation sites excluding steroid dienone is 3. The Hall–Kier alpha value is -2.56. The lowest BCUT2D eigenvalue weighted by Gasteiger charge is -2.35. The van der Waals surface area contributed by atoms with Crippen LogP contribution in [-0.2, 0) is 14.3 Å². The van der Waals surface area contributed by atoms with Crippen molar-refractivity contribution in [3.05, 3.63) is 52.4 Å². The summed E-state index contributed by atoms with van der Waals surface area (Å²) in [4.78, 5) is 26.6. The fourth-order valence-electron chi connectivity index (χ4n) is 5.04. The van der Waals surface area contributed by atoms with Gasteiger partial charge in [-0.05, 0) is 65.4 Å².